The second-order valence-corrected chi connectivity index (χ2v) is 8.20. The molecule has 1 fully saturated rings. The maximum Gasteiger partial charge on any atom is 0.264 e. The van der Waals surface area contributed by atoms with Crippen molar-refractivity contribution in [3.63, 3.8) is 0 Å². The van der Waals surface area contributed by atoms with Crippen molar-refractivity contribution in [2.45, 2.75) is 4.90 Å². The third-order valence-electron chi connectivity index (χ3n) is 4.33. The molecule has 8 heteroatoms. The van der Waals surface area contributed by atoms with E-state index in [1.54, 1.807) is 12.1 Å². The van der Waals surface area contributed by atoms with Gasteiger partial charge < -0.3 is 10.2 Å². The van der Waals surface area contributed by atoms with Gasteiger partial charge in [-0.2, -0.15) is 0 Å². The molecule has 1 aliphatic rings. The largest absolute Gasteiger partial charge is 0.354 e. The summed E-state index contributed by atoms with van der Waals surface area (Å²) in [5.74, 6) is 0.113. The first kappa shape index (κ1) is 19.9. The molecular weight excluding hydrogens is 385 g/mol. The number of carbonyl (C=O) groups is 2. The molecule has 1 aliphatic heterocycles. The standard InChI is InChI=1S/C19H22FN3O2S2/c20-15-3-5-16(6-4-15)27-14-18(24)21-7-8-22-9-11-23(12-10-22)19(25)17-2-1-13-26-17/h1-6,13H,7-12,14H2,(H,21,24). The van der Waals surface area contributed by atoms with Gasteiger partial charge in [-0.05, 0) is 35.7 Å². The highest BCUT2D eigenvalue weighted by atomic mass is 32.2. The van der Waals surface area contributed by atoms with E-state index < -0.39 is 0 Å². The molecule has 0 radical (unpaired) electrons. The van der Waals surface area contributed by atoms with Crippen molar-refractivity contribution in [1.82, 2.24) is 15.1 Å². The van der Waals surface area contributed by atoms with E-state index in [-0.39, 0.29) is 17.6 Å². The van der Waals surface area contributed by atoms with Gasteiger partial charge in [0.25, 0.3) is 5.91 Å². The van der Waals surface area contributed by atoms with Gasteiger partial charge in [0.15, 0.2) is 0 Å². The quantitative estimate of drug-likeness (QED) is 0.717. The van der Waals surface area contributed by atoms with Gasteiger partial charge in [0, 0.05) is 44.2 Å². The van der Waals surface area contributed by atoms with Crippen molar-refractivity contribution in [2.75, 3.05) is 45.0 Å². The summed E-state index contributed by atoms with van der Waals surface area (Å²) in [5.41, 5.74) is 0. The summed E-state index contributed by atoms with van der Waals surface area (Å²) < 4.78 is 12.9. The van der Waals surface area contributed by atoms with Gasteiger partial charge in [0.1, 0.15) is 5.82 Å². The minimum absolute atomic E-state index is 0.0316. The highest BCUT2D eigenvalue weighted by Crippen LogP contribution is 2.17. The molecule has 1 aromatic heterocycles. The maximum atomic E-state index is 12.9. The first-order valence-electron chi connectivity index (χ1n) is 8.82. The summed E-state index contributed by atoms with van der Waals surface area (Å²) in [6.07, 6.45) is 0. The fourth-order valence-electron chi connectivity index (χ4n) is 2.81. The summed E-state index contributed by atoms with van der Waals surface area (Å²) in [4.78, 5) is 30.0. The first-order chi connectivity index (χ1) is 13.1. The summed E-state index contributed by atoms with van der Waals surface area (Å²) in [6, 6.07) is 9.88. The fourth-order valence-corrected chi connectivity index (χ4v) is 4.23. The number of hydrogen-bond donors (Lipinski definition) is 1. The van der Waals surface area contributed by atoms with Crippen LogP contribution in [0, 0.1) is 5.82 Å². The molecule has 0 unspecified atom stereocenters. The van der Waals surface area contributed by atoms with Crippen LogP contribution in [-0.2, 0) is 4.79 Å². The van der Waals surface area contributed by atoms with Gasteiger partial charge in [-0.1, -0.05) is 6.07 Å². The van der Waals surface area contributed by atoms with E-state index in [4.69, 9.17) is 0 Å². The molecule has 27 heavy (non-hydrogen) atoms. The number of halogens is 1. The molecule has 1 aromatic carbocycles. The predicted molar refractivity (Wildman–Crippen MR) is 107 cm³/mol. The summed E-state index contributed by atoms with van der Waals surface area (Å²) in [7, 11) is 0. The van der Waals surface area contributed by atoms with Crippen molar-refractivity contribution in [2.24, 2.45) is 0 Å². The average molecular weight is 408 g/mol. The van der Waals surface area contributed by atoms with E-state index in [1.165, 1.54) is 35.2 Å². The number of carbonyl (C=O) groups excluding carboxylic acids is 2. The van der Waals surface area contributed by atoms with Crippen molar-refractivity contribution in [1.29, 1.82) is 0 Å². The van der Waals surface area contributed by atoms with Crippen LogP contribution >= 0.6 is 23.1 Å². The monoisotopic (exact) mass is 407 g/mol. The van der Waals surface area contributed by atoms with Crippen molar-refractivity contribution >= 4 is 34.9 Å². The van der Waals surface area contributed by atoms with Gasteiger partial charge in [-0.3, -0.25) is 14.5 Å². The number of thioether (sulfide) groups is 1. The molecule has 0 saturated carbocycles. The lowest BCUT2D eigenvalue weighted by Gasteiger charge is -2.34. The van der Waals surface area contributed by atoms with Crippen LogP contribution in [0.25, 0.3) is 0 Å². The topological polar surface area (TPSA) is 52.7 Å². The molecule has 2 heterocycles. The lowest BCUT2D eigenvalue weighted by atomic mass is 10.3. The second-order valence-electron chi connectivity index (χ2n) is 6.20. The van der Waals surface area contributed by atoms with Crippen LogP contribution in [0.5, 0.6) is 0 Å². The van der Waals surface area contributed by atoms with Gasteiger partial charge in [-0.25, -0.2) is 4.39 Å². The van der Waals surface area contributed by atoms with E-state index >= 15 is 0 Å². The van der Waals surface area contributed by atoms with Crippen LogP contribution in [0.3, 0.4) is 0 Å². The molecule has 0 aliphatic carbocycles. The Morgan fingerprint density at radius 2 is 1.85 bits per heavy atom. The Labute approximate surface area is 166 Å². The van der Waals surface area contributed by atoms with Crippen molar-refractivity contribution in [3.05, 3.63) is 52.5 Å². The Morgan fingerprint density at radius 3 is 2.52 bits per heavy atom. The Morgan fingerprint density at radius 1 is 1.11 bits per heavy atom. The molecular formula is C19H22FN3O2S2. The van der Waals surface area contributed by atoms with Gasteiger partial charge in [0.05, 0.1) is 10.6 Å². The number of piperazine rings is 1. The zero-order chi connectivity index (χ0) is 19.1. The highest BCUT2D eigenvalue weighted by Gasteiger charge is 2.22. The number of rotatable bonds is 7. The van der Waals surface area contributed by atoms with E-state index in [2.05, 4.69) is 10.2 Å². The van der Waals surface area contributed by atoms with Gasteiger partial charge >= 0.3 is 0 Å². The first-order valence-corrected chi connectivity index (χ1v) is 10.7. The average Bonchev–Trinajstić information content (AvgIpc) is 3.22. The Hall–Kier alpha value is -1.90. The van der Waals surface area contributed by atoms with Gasteiger partial charge in [-0.15, -0.1) is 23.1 Å². The third-order valence-corrected chi connectivity index (χ3v) is 6.20. The normalized spacial score (nSPS) is 14.9. The Bertz CT molecular complexity index is 745. The molecule has 144 valence electrons. The van der Waals surface area contributed by atoms with Gasteiger partial charge in [0.2, 0.25) is 5.91 Å². The van der Waals surface area contributed by atoms with Crippen LogP contribution in [-0.4, -0.2) is 66.6 Å². The number of nitrogens with one attached hydrogen (secondary N) is 1. The maximum absolute atomic E-state index is 12.9. The van der Waals surface area contributed by atoms with E-state index in [0.717, 1.165) is 29.4 Å². The van der Waals surface area contributed by atoms with Crippen molar-refractivity contribution < 1.29 is 14.0 Å². The Kier molecular flexibility index (Phi) is 7.25. The zero-order valence-electron chi connectivity index (χ0n) is 14.9. The smallest absolute Gasteiger partial charge is 0.264 e. The number of nitrogens with zero attached hydrogens (tertiary/aromatic N) is 2. The molecule has 5 nitrogen and oxygen atoms in total. The third kappa shape index (κ3) is 6.05. The summed E-state index contributed by atoms with van der Waals surface area (Å²) >= 11 is 2.86. The van der Waals surface area contributed by atoms with E-state index in [9.17, 15) is 14.0 Å². The van der Waals surface area contributed by atoms with E-state index in [0.29, 0.717) is 25.4 Å². The number of hydrogen-bond acceptors (Lipinski definition) is 5. The molecule has 2 amide bonds. The van der Waals surface area contributed by atoms with Crippen LogP contribution in [0.4, 0.5) is 4.39 Å². The summed E-state index contributed by atoms with van der Waals surface area (Å²) in [6.45, 7) is 4.42. The fraction of sp³-hybridized carbons (Fsp3) is 0.368. The second kappa shape index (κ2) is 9.87. The van der Waals surface area contributed by atoms with Crippen LogP contribution < -0.4 is 5.32 Å². The van der Waals surface area contributed by atoms with Crippen LogP contribution in [0.2, 0.25) is 0 Å². The molecule has 2 aromatic rings. The number of thiophene rings is 1. The Balaban J connectivity index is 1.30. The summed E-state index contributed by atoms with van der Waals surface area (Å²) in [5, 5.41) is 4.83. The van der Waals surface area contributed by atoms with Crippen LogP contribution in [0.1, 0.15) is 9.67 Å². The molecule has 1 saturated heterocycles. The lowest BCUT2D eigenvalue weighted by Crippen LogP contribution is -2.50. The van der Waals surface area contributed by atoms with Crippen LogP contribution in [0.15, 0.2) is 46.7 Å². The molecule has 0 spiro atoms. The lowest BCUT2D eigenvalue weighted by molar-refractivity contribution is -0.118. The molecule has 1 N–H and O–H groups in total. The SMILES string of the molecule is O=C(CSc1ccc(F)cc1)NCCN1CCN(C(=O)c2cccs2)CC1. The number of benzene rings is 1. The number of amides is 2. The highest BCUT2D eigenvalue weighted by molar-refractivity contribution is 8.00. The zero-order valence-corrected chi connectivity index (χ0v) is 16.5. The van der Waals surface area contributed by atoms with E-state index in [1.807, 2.05) is 22.4 Å². The van der Waals surface area contributed by atoms with Crippen molar-refractivity contribution in [3.8, 4) is 0 Å². The minimum Gasteiger partial charge on any atom is -0.354 e. The minimum atomic E-state index is -0.277. The predicted octanol–water partition coefficient (Wildman–Crippen LogP) is 2.55. The molecule has 0 bridgehead atoms. The molecule has 0 atom stereocenters. The molecule has 3 rings (SSSR count).